The molecule has 1 aromatic carbocycles. The van der Waals surface area contributed by atoms with Crippen LogP contribution in [-0.4, -0.2) is 14.6 Å². The van der Waals surface area contributed by atoms with Crippen LogP contribution in [-0.2, 0) is 16.7 Å². The van der Waals surface area contributed by atoms with Gasteiger partial charge in [-0.1, -0.05) is 13.8 Å². The molecule has 3 aliphatic carbocycles. The lowest BCUT2D eigenvalue weighted by atomic mass is 9.54. The summed E-state index contributed by atoms with van der Waals surface area (Å²) in [5, 5.41) is 0. The van der Waals surface area contributed by atoms with Crippen LogP contribution in [0.1, 0.15) is 68.6 Å². The maximum Gasteiger partial charge on any atom is 0.428 e. The zero-order chi connectivity index (χ0) is 17.4. The van der Waals surface area contributed by atoms with Crippen LogP contribution in [0.15, 0.2) is 16.5 Å². The summed E-state index contributed by atoms with van der Waals surface area (Å²) < 4.78 is 31.8. The summed E-state index contributed by atoms with van der Waals surface area (Å²) >= 11 is 0. The summed E-state index contributed by atoms with van der Waals surface area (Å²) in [6.07, 6.45) is 9.03. The molecule has 2 fully saturated rings. The van der Waals surface area contributed by atoms with Gasteiger partial charge in [0.15, 0.2) is 5.75 Å². The van der Waals surface area contributed by atoms with Crippen LogP contribution in [0, 0.1) is 23.2 Å². The second kappa shape index (κ2) is 5.09. The van der Waals surface area contributed by atoms with Gasteiger partial charge in [0.2, 0.25) is 0 Å². The molecular formula is C20H25NO3S. The summed E-state index contributed by atoms with van der Waals surface area (Å²) in [4.78, 5) is 0. The molecule has 1 heterocycles. The molecule has 1 aromatic rings. The Balaban J connectivity index is 1.55. The minimum absolute atomic E-state index is 0.447. The molecule has 4 aliphatic rings. The van der Waals surface area contributed by atoms with E-state index in [1.165, 1.54) is 49.4 Å². The second-order valence-electron chi connectivity index (χ2n) is 8.77. The van der Waals surface area contributed by atoms with E-state index < -0.39 is 10.3 Å². The summed E-state index contributed by atoms with van der Waals surface area (Å²) in [6, 6.07) is 4.11. The van der Waals surface area contributed by atoms with E-state index in [0.29, 0.717) is 17.1 Å². The molecule has 0 aromatic heterocycles. The number of rotatable bonds is 0. The molecule has 4 nitrogen and oxygen atoms in total. The van der Waals surface area contributed by atoms with Crippen LogP contribution in [0.5, 0.6) is 5.75 Å². The lowest BCUT2D eigenvalue weighted by Crippen LogP contribution is -2.41. The van der Waals surface area contributed by atoms with Gasteiger partial charge in [0.25, 0.3) is 0 Å². The lowest BCUT2D eigenvalue weighted by Gasteiger charge is -2.50. The molecule has 0 bridgehead atoms. The molecule has 0 N–H and O–H groups in total. The first-order valence-electron chi connectivity index (χ1n) is 9.54. The molecule has 134 valence electrons. The molecule has 5 heteroatoms. The highest BCUT2D eigenvalue weighted by Crippen LogP contribution is 2.63. The van der Waals surface area contributed by atoms with E-state index in [1.54, 1.807) is 0 Å². The Morgan fingerprint density at radius 1 is 1.20 bits per heavy atom. The molecular weight excluding hydrogens is 334 g/mol. The van der Waals surface area contributed by atoms with Gasteiger partial charge >= 0.3 is 10.3 Å². The van der Waals surface area contributed by atoms with E-state index in [0.717, 1.165) is 29.7 Å². The molecule has 5 rings (SSSR count). The van der Waals surface area contributed by atoms with Crippen molar-refractivity contribution in [1.29, 1.82) is 0 Å². The number of fused-ring (bicyclic) bond motifs is 6. The summed E-state index contributed by atoms with van der Waals surface area (Å²) in [5.41, 5.74) is 4.03. The molecule has 0 radical (unpaired) electrons. The van der Waals surface area contributed by atoms with Gasteiger partial charge in [0.1, 0.15) is 0 Å². The topological polar surface area (TPSA) is 55.7 Å². The van der Waals surface area contributed by atoms with Crippen molar-refractivity contribution in [3.63, 3.8) is 0 Å². The number of hydrogen-bond donors (Lipinski definition) is 0. The summed E-state index contributed by atoms with van der Waals surface area (Å²) in [7, 11) is -3.80. The number of nitrogens with zero attached hydrogens (tertiary/aromatic N) is 1. The monoisotopic (exact) mass is 359 g/mol. The lowest BCUT2D eigenvalue weighted by molar-refractivity contribution is 0.0336. The van der Waals surface area contributed by atoms with E-state index in [1.807, 2.05) is 6.07 Å². The van der Waals surface area contributed by atoms with Gasteiger partial charge in [0, 0.05) is 5.56 Å². The highest BCUT2D eigenvalue weighted by atomic mass is 32.2. The predicted octanol–water partition coefficient (Wildman–Crippen LogP) is 4.23. The molecule has 1 aliphatic heterocycles. The SMILES string of the molecule is C[C@H]1CCC2C3CCc4cc5c(cc4C3CCC21C)C=NS(=O)(=O)O5. The van der Waals surface area contributed by atoms with Gasteiger partial charge in [-0.25, -0.2) is 0 Å². The fourth-order valence-corrected chi connectivity index (χ4v) is 6.97. The highest BCUT2D eigenvalue weighted by molar-refractivity contribution is 7.86. The zero-order valence-electron chi connectivity index (χ0n) is 14.9. The van der Waals surface area contributed by atoms with Gasteiger partial charge in [-0.15, -0.1) is 4.40 Å². The zero-order valence-corrected chi connectivity index (χ0v) is 15.7. The fourth-order valence-electron chi connectivity index (χ4n) is 6.31. The van der Waals surface area contributed by atoms with E-state index in [2.05, 4.69) is 24.3 Å². The normalized spacial score (nSPS) is 40.4. The van der Waals surface area contributed by atoms with Crippen LogP contribution in [0.2, 0.25) is 0 Å². The van der Waals surface area contributed by atoms with Gasteiger partial charge in [0.05, 0.1) is 6.21 Å². The maximum atomic E-state index is 11.6. The predicted molar refractivity (Wildman–Crippen MR) is 97.4 cm³/mol. The Kier molecular flexibility index (Phi) is 3.23. The smallest absolute Gasteiger partial charge is 0.365 e. The first-order valence-corrected chi connectivity index (χ1v) is 10.9. The molecule has 0 spiro atoms. The Bertz CT molecular complexity index is 875. The van der Waals surface area contributed by atoms with Crippen molar-refractivity contribution >= 4 is 16.5 Å². The first kappa shape index (κ1) is 15.9. The third-order valence-corrected chi connectivity index (χ3v) is 8.60. The highest BCUT2D eigenvalue weighted by Gasteiger charge is 2.53. The van der Waals surface area contributed by atoms with E-state index >= 15 is 0 Å². The maximum absolute atomic E-state index is 11.6. The van der Waals surface area contributed by atoms with Crippen molar-refractivity contribution in [2.24, 2.45) is 27.6 Å². The van der Waals surface area contributed by atoms with Gasteiger partial charge in [-0.05, 0) is 90.9 Å². The summed E-state index contributed by atoms with van der Waals surface area (Å²) in [5.74, 6) is 3.52. The number of benzene rings is 1. The Labute approximate surface area is 149 Å². The Morgan fingerprint density at radius 2 is 2.04 bits per heavy atom. The molecule has 0 saturated heterocycles. The van der Waals surface area contributed by atoms with Crippen molar-refractivity contribution in [3.8, 4) is 5.75 Å². The van der Waals surface area contributed by atoms with Crippen LogP contribution >= 0.6 is 0 Å². The average molecular weight is 359 g/mol. The standard InChI is InChI=1S/C20H25NO3S/c1-12-3-6-18-16-5-4-13-10-19-14(11-21-25(22,23)24-19)9-17(13)15(16)7-8-20(12,18)2/h9-12,15-16,18H,3-8H2,1-2H3/t12-,15?,16?,18?,20?/m0/s1. The average Bonchev–Trinajstić information content (AvgIpc) is 2.87. The first-order chi connectivity index (χ1) is 11.9. The minimum Gasteiger partial charge on any atom is -0.365 e. The quantitative estimate of drug-likeness (QED) is 0.696. The minimum atomic E-state index is -3.80. The third-order valence-electron chi connectivity index (χ3n) is 7.85. The third kappa shape index (κ3) is 2.24. The number of aryl methyl sites for hydroxylation is 1. The van der Waals surface area contributed by atoms with Crippen molar-refractivity contribution in [3.05, 3.63) is 28.8 Å². The van der Waals surface area contributed by atoms with Gasteiger partial charge in [-0.3, -0.25) is 0 Å². The number of hydrogen-bond acceptors (Lipinski definition) is 3. The van der Waals surface area contributed by atoms with Crippen molar-refractivity contribution in [1.82, 2.24) is 0 Å². The largest absolute Gasteiger partial charge is 0.428 e. The van der Waals surface area contributed by atoms with Crippen LogP contribution < -0.4 is 4.18 Å². The second-order valence-corrected chi connectivity index (χ2v) is 10.0. The Hall–Kier alpha value is -1.36. The van der Waals surface area contributed by atoms with E-state index in [9.17, 15) is 8.42 Å². The van der Waals surface area contributed by atoms with Crippen molar-refractivity contribution in [2.75, 3.05) is 0 Å². The fraction of sp³-hybridized carbons (Fsp3) is 0.650. The van der Waals surface area contributed by atoms with Crippen LogP contribution in [0.4, 0.5) is 0 Å². The molecule has 5 atom stereocenters. The van der Waals surface area contributed by atoms with Crippen LogP contribution in [0.3, 0.4) is 0 Å². The van der Waals surface area contributed by atoms with Crippen molar-refractivity contribution < 1.29 is 12.6 Å². The van der Waals surface area contributed by atoms with Crippen molar-refractivity contribution in [2.45, 2.75) is 58.3 Å². The van der Waals surface area contributed by atoms with Gasteiger partial charge in [-0.2, -0.15) is 8.42 Å². The Morgan fingerprint density at radius 3 is 2.88 bits per heavy atom. The molecule has 4 unspecified atom stereocenters. The van der Waals surface area contributed by atoms with Gasteiger partial charge < -0.3 is 4.18 Å². The molecule has 0 amide bonds. The molecule has 25 heavy (non-hydrogen) atoms. The summed E-state index contributed by atoms with van der Waals surface area (Å²) in [6.45, 7) is 4.97. The molecule has 2 saturated carbocycles. The van der Waals surface area contributed by atoms with E-state index in [4.69, 9.17) is 4.18 Å². The van der Waals surface area contributed by atoms with E-state index in [-0.39, 0.29) is 0 Å². The van der Waals surface area contributed by atoms with Crippen LogP contribution in [0.25, 0.3) is 0 Å².